The molecule has 0 radical (unpaired) electrons. The number of carbonyl (C=O) groups is 1. The van der Waals surface area contributed by atoms with Gasteiger partial charge in [0.25, 0.3) is 5.91 Å². The van der Waals surface area contributed by atoms with Gasteiger partial charge in [-0.3, -0.25) is 4.79 Å². The van der Waals surface area contributed by atoms with E-state index in [4.69, 9.17) is 5.26 Å². The lowest BCUT2D eigenvalue weighted by Gasteiger charge is -2.06. The summed E-state index contributed by atoms with van der Waals surface area (Å²) >= 11 is 0. The number of rotatable bonds is 6. The van der Waals surface area contributed by atoms with Crippen LogP contribution < -0.4 is 10.6 Å². The van der Waals surface area contributed by atoms with Gasteiger partial charge >= 0.3 is 0 Å². The minimum absolute atomic E-state index is 0.153. The minimum atomic E-state index is -0.686. The summed E-state index contributed by atoms with van der Waals surface area (Å²) in [5, 5.41) is 14.1. The van der Waals surface area contributed by atoms with E-state index < -0.39 is 17.5 Å². The third kappa shape index (κ3) is 4.92. The molecular formula is C18H15F2N3O. The van der Waals surface area contributed by atoms with E-state index in [-0.39, 0.29) is 11.3 Å². The van der Waals surface area contributed by atoms with Crippen molar-refractivity contribution in [3.8, 4) is 6.07 Å². The van der Waals surface area contributed by atoms with Gasteiger partial charge in [0.1, 0.15) is 23.3 Å². The molecule has 0 saturated heterocycles. The normalized spacial score (nSPS) is 10.8. The maximum absolute atomic E-state index is 13.5. The summed E-state index contributed by atoms with van der Waals surface area (Å²) in [6.07, 6.45) is 1.67. The molecule has 4 nitrogen and oxygen atoms in total. The van der Waals surface area contributed by atoms with Gasteiger partial charge in [-0.15, -0.1) is 0 Å². The van der Waals surface area contributed by atoms with Crippen LogP contribution in [-0.4, -0.2) is 12.5 Å². The lowest BCUT2D eigenvalue weighted by Crippen LogP contribution is -2.27. The van der Waals surface area contributed by atoms with Gasteiger partial charge in [0.05, 0.1) is 5.69 Å². The van der Waals surface area contributed by atoms with Gasteiger partial charge in [0, 0.05) is 18.8 Å². The highest BCUT2D eigenvalue weighted by Gasteiger charge is 2.09. The number of benzene rings is 2. The quantitative estimate of drug-likeness (QED) is 0.633. The van der Waals surface area contributed by atoms with Gasteiger partial charge in [0.2, 0.25) is 0 Å². The van der Waals surface area contributed by atoms with Crippen LogP contribution in [0.15, 0.2) is 60.3 Å². The van der Waals surface area contributed by atoms with Crippen molar-refractivity contribution in [1.29, 1.82) is 5.26 Å². The van der Waals surface area contributed by atoms with E-state index in [2.05, 4.69) is 10.6 Å². The first-order chi connectivity index (χ1) is 11.6. The van der Waals surface area contributed by atoms with Crippen LogP contribution in [0.2, 0.25) is 0 Å². The number of halogens is 2. The fourth-order valence-corrected chi connectivity index (χ4v) is 1.97. The van der Waals surface area contributed by atoms with Crippen LogP contribution in [0.4, 0.5) is 14.5 Å². The molecule has 0 aliphatic rings. The first kappa shape index (κ1) is 17.2. The fraction of sp³-hybridized carbons (Fsp3) is 0.111. The molecule has 0 aliphatic heterocycles. The van der Waals surface area contributed by atoms with Crippen LogP contribution in [0.5, 0.6) is 0 Å². The Hall–Kier alpha value is -3.20. The van der Waals surface area contributed by atoms with E-state index in [9.17, 15) is 13.6 Å². The number of hydrogen-bond donors (Lipinski definition) is 2. The van der Waals surface area contributed by atoms with Crippen LogP contribution in [0, 0.1) is 23.0 Å². The molecule has 1 amide bonds. The summed E-state index contributed by atoms with van der Waals surface area (Å²) in [5.41, 5.74) is 0.673. The smallest absolute Gasteiger partial charge is 0.263 e. The van der Waals surface area contributed by atoms with Crippen molar-refractivity contribution in [2.24, 2.45) is 0 Å². The molecule has 6 heteroatoms. The minimum Gasteiger partial charge on any atom is -0.358 e. The number of carbonyl (C=O) groups excluding carboxylic acids is 1. The van der Waals surface area contributed by atoms with Crippen molar-refractivity contribution in [3.05, 3.63) is 77.5 Å². The Bertz CT molecular complexity index is 783. The highest BCUT2D eigenvalue weighted by Crippen LogP contribution is 2.15. The van der Waals surface area contributed by atoms with E-state index >= 15 is 0 Å². The molecule has 0 aromatic heterocycles. The van der Waals surface area contributed by atoms with E-state index in [1.807, 2.05) is 30.3 Å². The predicted octanol–water partition coefficient (Wildman–Crippen LogP) is 3.14. The summed E-state index contributed by atoms with van der Waals surface area (Å²) in [6, 6.07) is 14.2. The molecule has 2 aromatic carbocycles. The molecule has 2 aromatic rings. The Balaban J connectivity index is 1.93. The monoisotopic (exact) mass is 327 g/mol. The second-order valence-electron chi connectivity index (χ2n) is 4.93. The molecule has 24 heavy (non-hydrogen) atoms. The van der Waals surface area contributed by atoms with Crippen LogP contribution in [-0.2, 0) is 11.2 Å². The lowest BCUT2D eigenvalue weighted by atomic mass is 10.1. The highest BCUT2D eigenvalue weighted by atomic mass is 19.1. The third-order valence-electron chi connectivity index (χ3n) is 3.21. The Morgan fingerprint density at radius 2 is 1.92 bits per heavy atom. The molecule has 0 spiro atoms. The van der Waals surface area contributed by atoms with E-state index in [1.54, 1.807) is 6.07 Å². The van der Waals surface area contributed by atoms with Crippen LogP contribution >= 0.6 is 0 Å². The summed E-state index contributed by atoms with van der Waals surface area (Å²) in [4.78, 5) is 11.9. The molecular weight excluding hydrogens is 312 g/mol. The van der Waals surface area contributed by atoms with Crippen molar-refractivity contribution in [1.82, 2.24) is 5.32 Å². The summed E-state index contributed by atoms with van der Waals surface area (Å²) in [5.74, 6) is -1.90. The second-order valence-corrected chi connectivity index (χ2v) is 4.93. The first-order valence-electron chi connectivity index (χ1n) is 7.24. The average Bonchev–Trinajstić information content (AvgIpc) is 2.59. The van der Waals surface area contributed by atoms with Gasteiger partial charge < -0.3 is 10.6 Å². The van der Waals surface area contributed by atoms with Crippen molar-refractivity contribution < 1.29 is 13.6 Å². The highest BCUT2D eigenvalue weighted by molar-refractivity contribution is 5.97. The van der Waals surface area contributed by atoms with Crippen molar-refractivity contribution >= 4 is 11.6 Å². The topological polar surface area (TPSA) is 64.9 Å². The third-order valence-corrected chi connectivity index (χ3v) is 3.21. The molecule has 0 aliphatic carbocycles. The van der Waals surface area contributed by atoms with E-state index in [0.717, 1.165) is 30.0 Å². The fourth-order valence-electron chi connectivity index (χ4n) is 1.97. The molecule has 2 N–H and O–H groups in total. The van der Waals surface area contributed by atoms with E-state index in [1.165, 1.54) is 0 Å². The standard InChI is InChI=1S/C18H15F2N3O/c19-15-6-7-16(20)17(10-15)23-12-14(11-21)18(24)22-9-8-13-4-2-1-3-5-13/h1-7,10,12,23H,8-9H2,(H,22,24)/b14-12-. The van der Waals surface area contributed by atoms with Crippen molar-refractivity contribution in [2.45, 2.75) is 6.42 Å². The van der Waals surface area contributed by atoms with Gasteiger partial charge in [-0.25, -0.2) is 8.78 Å². The summed E-state index contributed by atoms with van der Waals surface area (Å²) in [6.45, 7) is 0.357. The molecule has 0 bridgehead atoms. The Morgan fingerprint density at radius 1 is 1.17 bits per heavy atom. The van der Waals surface area contributed by atoms with Crippen LogP contribution in [0.1, 0.15) is 5.56 Å². The Labute approximate surface area is 138 Å². The van der Waals surface area contributed by atoms with Gasteiger partial charge in [-0.1, -0.05) is 30.3 Å². The number of hydrogen-bond acceptors (Lipinski definition) is 3. The maximum atomic E-state index is 13.5. The SMILES string of the molecule is N#C/C(=C/Nc1cc(F)ccc1F)C(=O)NCCc1ccccc1. The Morgan fingerprint density at radius 3 is 2.62 bits per heavy atom. The molecule has 2 rings (SSSR count). The second kappa shape index (κ2) is 8.44. The van der Waals surface area contributed by atoms with Gasteiger partial charge in [-0.2, -0.15) is 5.26 Å². The van der Waals surface area contributed by atoms with E-state index in [0.29, 0.717) is 13.0 Å². The number of nitrogens with one attached hydrogen (secondary N) is 2. The van der Waals surface area contributed by atoms with Gasteiger partial charge in [0.15, 0.2) is 0 Å². The molecule has 0 fully saturated rings. The average molecular weight is 327 g/mol. The molecule has 0 unspecified atom stereocenters. The number of nitriles is 1. The van der Waals surface area contributed by atoms with Crippen LogP contribution in [0.3, 0.4) is 0 Å². The zero-order chi connectivity index (χ0) is 17.4. The number of anilines is 1. The predicted molar refractivity (Wildman–Crippen MR) is 86.8 cm³/mol. The zero-order valence-electron chi connectivity index (χ0n) is 12.7. The van der Waals surface area contributed by atoms with Crippen molar-refractivity contribution in [3.63, 3.8) is 0 Å². The molecule has 0 saturated carbocycles. The zero-order valence-corrected chi connectivity index (χ0v) is 12.7. The number of amides is 1. The lowest BCUT2D eigenvalue weighted by molar-refractivity contribution is -0.117. The Kier molecular flexibility index (Phi) is 6.03. The largest absolute Gasteiger partial charge is 0.358 e. The molecule has 0 heterocycles. The van der Waals surface area contributed by atoms with Crippen LogP contribution in [0.25, 0.3) is 0 Å². The van der Waals surface area contributed by atoms with Crippen molar-refractivity contribution in [2.75, 3.05) is 11.9 Å². The molecule has 122 valence electrons. The summed E-state index contributed by atoms with van der Waals surface area (Å²) in [7, 11) is 0. The molecule has 0 atom stereocenters. The van der Waals surface area contributed by atoms with Gasteiger partial charge in [-0.05, 0) is 24.1 Å². The summed E-state index contributed by atoms with van der Waals surface area (Å²) < 4.78 is 26.5. The maximum Gasteiger partial charge on any atom is 0.263 e. The number of nitrogens with zero attached hydrogens (tertiary/aromatic N) is 1. The first-order valence-corrected chi connectivity index (χ1v) is 7.24.